The topological polar surface area (TPSA) is 226 Å². The second kappa shape index (κ2) is 21.7. The van der Waals surface area contributed by atoms with Crippen molar-refractivity contribution in [2.24, 2.45) is 0 Å². The number of H-pyrrole nitrogens is 1. The molecule has 3 aromatic carbocycles. The van der Waals surface area contributed by atoms with Crippen LogP contribution in [0.4, 0.5) is 5.82 Å². The van der Waals surface area contributed by atoms with Crippen LogP contribution < -0.4 is 26.5 Å². The highest BCUT2D eigenvalue weighted by Gasteiger charge is 2.59. The van der Waals surface area contributed by atoms with E-state index in [1.807, 2.05) is 111 Å². The third kappa shape index (κ3) is 10.1. The van der Waals surface area contributed by atoms with Gasteiger partial charge in [0.2, 0.25) is 0 Å². The summed E-state index contributed by atoms with van der Waals surface area (Å²) in [6.07, 6.45) is -4.47. The summed E-state index contributed by atoms with van der Waals surface area (Å²) in [5.41, 5.74) is 8.54. The largest absolute Gasteiger partial charge is 0.497 e. The highest BCUT2D eigenvalue weighted by atomic mass is 28.4. The van der Waals surface area contributed by atoms with E-state index in [1.54, 1.807) is 14.2 Å². The Labute approximate surface area is 454 Å². The lowest BCUT2D eigenvalue weighted by atomic mass is 9.80. The molecular formula is C57H73N7O13Si. The molecule has 78 heavy (non-hydrogen) atoms. The van der Waals surface area contributed by atoms with Crippen molar-refractivity contribution in [1.82, 2.24) is 29.1 Å². The molecule has 6 aromatic rings. The van der Waals surface area contributed by atoms with Crippen LogP contribution in [-0.4, -0.2) is 113 Å². The van der Waals surface area contributed by atoms with Crippen LogP contribution in [-0.2, 0) is 61.1 Å². The van der Waals surface area contributed by atoms with Crippen molar-refractivity contribution in [1.29, 1.82) is 0 Å². The molecule has 4 aliphatic heterocycles. The maximum atomic E-state index is 14.0. The van der Waals surface area contributed by atoms with E-state index in [2.05, 4.69) is 51.5 Å². The standard InChI is InChI=1S/C57H73N7O13Si/c1-32(2)78(33(3)4,34(5)6)71-29-42-47-48(76-56(9,10)75-47)52(73-42)63-38(26-44(65)62-54(63)66)27-69-28-41-46-49(77-55(7,8)74-46)53(72-41)64-43(61-45-50(58)59-31-60-51(45)64)30-70-57(35-16-14-13-15-17-35,36-18-22-39(67-11)23-19-36)37-20-24-40(68-12)25-21-37/h13-26,31-34,41-42,46-49,52-53H,27-30H2,1-12H3,(H2,58,59,60)(H,62,65,66)/t41-,42-,46-,47-,48-,49-,52-,53-/m1/s1. The molecule has 20 nitrogen and oxygen atoms in total. The molecule has 8 atom stereocenters. The van der Waals surface area contributed by atoms with Gasteiger partial charge >= 0.3 is 5.69 Å². The number of imidazole rings is 1. The van der Waals surface area contributed by atoms with Crippen molar-refractivity contribution in [3.05, 3.63) is 140 Å². The van der Waals surface area contributed by atoms with Crippen LogP contribution in [0.2, 0.25) is 16.6 Å². The zero-order chi connectivity index (χ0) is 55.5. The summed E-state index contributed by atoms with van der Waals surface area (Å²) >= 11 is 0. The fourth-order valence-electron chi connectivity index (χ4n) is 12.5. The van der Waals surface area contributed by atoms with E-state index in [-0.39, 0.29) is 37.9 Å². The number of ether oxygens (including phenoxy) is 10. The summed E-state index contributed by atoms with van der Waals surface area (Å²) in [5.74, 6) is -0.0775. The van der Waals surface area contributed by atoms with E-state index in [0.717, 1.165) is 16.7 Å². The van der Waals surface area contributed by atoms with Crippen molar-refractivity contribution >= 4 is 25.3 Å². The average molecular weight is 1090 g/mol. The van der Waals surface area contributed by atoms with Crippen LogP contribution in [0.25, 0.3) is 11.2 Å². The van der Waals surface area contributed by atoms with Gasteiger partial charge in [0.25, 0.3) is 5.56 Å². The Kier molecular flexibility index (Phi) is 15.4. The first-order chi connectivity index (χ1) is 37.2. The second-order valence-corrected chi connectivity index (χ2v) is 27.8. The highest BCUT2D eigenvalue weighted by Crippen LogP contribution is 2.49. The average Bonchev–Trinajstić information content (AvgIpc) is 4.30. The number of nitrogen functional groups attached to an aromatic ring is 1. The van der Waals surface area contributed by atoms with Crippen LogP contribution in [0.5, 0.6) is 11.5 Å². The first-order valence-electron chi connectivity index (χ1n) is 26.7. The molecule has 3 N–H and O–H groups in total. The SMILES string of the molecule is COc1ccc(C(OCc2nc3c(N)ncnc3n2[C@@H]2O[C@H](COCc3cc(=O)[nH]c(=O)n3[C@@H]3O[C@H](CO[Si](C(C)C)(C(C)C)C(C)C)[C@H]4OC(C)(C)O[C@H]43)[C@H]3OC(C)(C)O[C@H]32)(c2ccccc2)c2ccc(OC)cc2)cc1. The number of benzene rings is 3. The molecule has 0 bridgehead atoms. The Morgan fingerprint density at radius 1 is 0.679 bits per heavy atom. The van der Waals surface area contributed by atoms with Crippen LogP contribution in [0, 0.1) is 0 Å². The molecule has 4 fully saturated rings. The Bertz CT molecular complexity index is 3110. The zero-order valence-corrected chi connectivity index (χ0v) is 47.5. The van der Waals surface area contributed by atoms with Gasteiger partial charge in [-0.15, -0.1) is 0 Å². The minimum Gasteiger partial charge on any atom is -0.497 e. The van der Waals surface area contributed by atoms with E-state index < -0.39 is 85.8 Å². The number of methoxy groups -OCH3 is 2. The van der Waals surface area contributed by atoms with Gasteiger partial charge in [0.1, 0.15) is 72.5 Å². The predicted molar refractivity (Wildman–Crippen MR) is 290 cm³/mol. The summed E-state index contributed by atoms with van der Waals surface area (Å²) in [5, 5.41) is 0. The summed E-state index contributed by atoms with van der Waals surface area (Å²) in [6, 6.07) is 26.8. The maximum Gasteiger partial charge on any atom is 0.330 e. The number of fused-ring (bicyclic) bond motifs is 3. The fraction of sp³-hybridized carbons (Fsp3) is 0.526. The van der Waals surface area contributed by atoms with Crippen LogP contribution in [0.3, 0.4) is 0 Å². The first-order valence-corrected chi connectivity index (χ1v) is 28.9. The number of rotatable bonds is 20. The molecule has 10 rings (SSSR count). The van der Waals surface area contributed by atoms with Gasteiger partial charge in [-0.2, -0.15) is 0 Å². The number of nitrogens with one attached hydrogen (secondary N) is 1. The summed E-state index contributed by atoms with van der Waals surface area (Å²) < 4.78 is 75.1. The smallest absolute Gasteiger partial charge is 0.330 e. The fourth-order valence-corrected chi connectivity index (χ4v) is 18.0. The maximum absolute atomic E-state index is 14.0. The van der Waals surface area contributed by atoms with Gasteiger partial charge in [-0.25, -0.2) is 19.7 Å². The molecule has 21 heteroatoms. The van der Waals surface area contributed by atoms with E-state index >= 15 is 0 Å². The predicted octanol–water partition coefficient (Wildman–Crippen LogP) is 8.03. The Morgan fingerprint density at radius 3 is 1.73 bits per heavy atom. The van der Waals surface area contributed by atoms with Crippen molar-refractivity contribution in [2.45, 2.75) is 165 Å². The molecule has 0 unspecified atom stereocenters. The molecule has 7 heterocycles. The second-order valence-electron chi connectivity index (χ2n) is 22.3. The third-order valence-electron chi connectivity index (χ3n) is 15.7. The van der Waals surface area contributed by atoms with Crippen LogP contribution in [0.1, 0.15) is 110 Å². The number of hydrogen-bond acceptors (Lipinski definition) is 17. The van der Waals surface area contributed by atoms with Gasteiger partial charge in [0, 0.05) is 6.07 Å². The number of aromatic nitrogens is 6. The lowest BCUT2D eigenvalue weighted by Crippen LogP contribution is -2.50. The van der Waals surface area contributed by atoms with Gasteiger partial charge in [0.05, 0.1) is 39.7 Å². The van der Waals surface area contributed by atoms with Crippen molar-refractivity contribution in [3.8, 4) is 11.5 Å². The van der Waals surface area contributed by atoms with Crippen molar-refractivity contribution < 1.29 is 51.8 Å². The van der Waals surface area contributed by atoms with Crippen LogP contribution in [0.15, 0.2) is 101 Å². The molecule has 0 aliphatic carbocycles. The monoisotopic (exact) mass is 1090 g/mol. The highest BCUT2D eigenvalue weighted by molar-refractivity contribution is 6.77. The molecule has 0 saturated carbocycles. The van der Waals surface area contributed by atoms with E-state index in [0.29, 0.717) is 45.1 Å². The summed E-state index contributed by atoms with van der Waals surface area (Å²) in [4.78, 5) is 43.6. The molecule has 0 amide bonds. The normalized spacial score (nSPS) is 24.7. The summed E-state index contributed by atoms with van der Waals surface area (Å²) in [7, 11) is 0.926. The molecule has 0 spiro atoms. The lowest BCUT2D eigenvalue weighted by Gasteiger charge is -2.43. The van der Waals surface area contributed by atoms with Crippen molar-refractivity contribution in [3.63, 3.8) is 0 Å². The first kappa shape index (κ1) is 55.5. The van der Waals surface area contributed by atoms with E-state index in [4.69, 9.17) is 67.5 Å². The minimum absolute atomic E-state index is 0.0489. The molecule has 418 valence electrons. The Balaban J connectivity index is 0.955. The van der Waals surface area contributed by atoms with Gasteiger partial charge < -0.3 is 57.5 Å². The Hall–Kier alpha value is -5.85. The number of aromatic amines is 1. The molecule has 4 saturated heterocycles. The third-order valence-corrected chi connectivity index (χ3v) is 21.8. The van der Waals surface area contributed by atoms with Gasteiger partial charge in [0.15, 0.2) is 49.3 Å². The molecule has 0 radical (unpaired) electrons. The van der Waals surface area contributed by atoms with E-state index in [1.165, 1.54) is 17.0 Å². The van der Waals surface area contributed by atoms with Gasteiger partial charge in [-0.3, -0.25) is 18.9 Å². The number of anilines is 1. The van der Waals surface area contributed by atoms with Crippen molar-refractivity contribution in [2.75, 3.05) is 33.2 Å². The van der Waals surface area contributed by atoms with Crippen LogP contribution >= 0.6 is 0 Å². The molecule has 3 aromatic heterocycles. The minimum atomic E-state index is -2.33. The summed E-state index contributed by atoms with van der Waals surface area (Å²) in [6.45, 7) is 20.6. The quantitative estimate of drug-likeness (QED) is 0.0545. The number of nitrogens with zero attached hydrogens (tertiary/aromatic N) is 5. The molecule has 4 aliphatic rings. The van der Waals surface area contributed by atoms with Gasteiger partial charge in [-0.05, 0) is 85.3 Å². The number of nitrogens with two attached hydrogens (primary N) is 1. The van der Waals surface area contributed by atoms with Gasteiger partial charge in [-0.1, -0.05) is 96.1 Å². The number of hydrogen-bond donors (Lipinski definition) is 2. The molecular weight excluding hydrogens is 1020 g/mol. The Morgan fingerprint density at radius 2 is 1.19 bits per heavy atom. The lowest BCUT2D eigenvalue weighted by molar-refractivity contribution is -0.203. The van der Waals surface area contributed by atoms with E-state index in [9.17, 15) is 9.59 Å². The zero-order valence-electron chi connectivity index (χ0n) is 46.5.